The molecule has 1 N–H and O–H groups in total. The number of nitrogens with zero attached hydrogens (tertiary/aromatic N) is 4. The fourth-order valence-corrected chi connectivity index (χ4v) is 4.65. The zero-order valence-corrected chi connectivity index (χ0v) is 15.2. The number of piperidine rings is 1. The molecule has 1 aliphatic carbocycles. The lowest BCUT2D eigenvalue weighted by molar-refractivity contribution is 0.0932. The Morgan fingerprint density at radius 1 is 1.28 bits per heavy atom. The van der Waals surface area contributed by atoms with Crippen LogP contribution in [0.4, 0.5) is 0 Å². The van der Waals surface area contributed by atoms with Crippen LogP contribution in [0, 0.1) is 0 Å². The van der Waals surface area contributed by atoms with Gasteiger partial charge in [-0.1, -0.05) is 24.1 Å². The smallest absolute Gasteiger partial charge is 0.273 e. The Hall–Kier alpha value is -1.73. The van der Waals surface area contributed by atoms with Gasteiger partial charge in [0.05, 0.1) is 12.2 Å². The third-order valence-corrected chi connectivity index (χ3v) is 6.11. The minimum Gasteiger partial charge on any atom is -0.348 e. The van der Waals surface area contributed by atoms with Crippen molar-refractivity contribution >= 4 is 17.2 Å². The SMILES string of the molecule is O=C(NC1CCCC1)c1cn(C2CCCN(Cc3cccs3)C2)nn1. The largest absolute Gasteiger partial charge is 0.348 e. The van der Waals surface area contributed by atoms with Gasteiger partial charge in [0.25, 0.3) is 5.91 Å². The maximum atomic E-state index is 12.3. The van der Waals surface area contributed by atoms with Crippen LogP contribution >= 0.6 is 11.3 Å². The average Bonchev–Trinajstić information content (AvgIpc) is 3.38. The van der Waals surface area contributed by atoms with Gasteiger partial charge in [0, 0.05) is 24.0 Å². The Labute approximate surface area is 152 Å². The molecule has 6 nitrogen and oxygen atoms in total. The molecule has 0 spiro atoms. The second-order valence-corrected chi connectivity index (χ2v) is 8.18. The van der Waals surface area contributed by atoms with E-state index in [2.05, 4.69) is 38.0 Å². The van der Waals surface area contributed by atoms with Gasteiger partial charge in [0.15, 0.2) is 5.69 Å². The lowest BCUT2D eigenvalue weighted by Crippen LogP contribution is -2.36. The van der Waals surface area contributed by atoms with Gasteiger partial charge in [-0.15, -0.1) is 16.4 Å². The Bertz CT molecular complexity index is 692. The van der Waals surface area contributed by atoms with E-state index in [1.807, 2.05) is 22.2 Å². The molecule has 0 bridgehead atoms. The summed E-state index contributed by atoms with van der Waals surface area (Å²) in [6.07, 6.45) is 8.65. The molecule has 2 fully saturated rings. The van der Waals surface area contributed by atoms with Crippen LogP contribution in [-0.4, -0.2) is 44.9 Å². The topological polar surface area (TPSA) is 63.1 Å². The molecule has 2 aromatic heterocycles. The summed E-state index contributed by atoms with van der Waals surface area (Å²) < 4.78 is 1.89. The highest BCUT2D eigenvalue weighted by Crippen LogP contribution is 2.23. The Balaban J connectivity index is 1.36. The second-order valence-electron chi connectivity index (χ2n) is 7.15. The standard InChI is InChI=1S/C18H25N5OS/c24-18(19-14-5-1-2-6-14)17-13-23(21-20-17)15-7-3-9-22(11-15)12-16-8-4-10-25-16/h4,8,10,13-15H,1-3,5-7,9,11-12H2,(H,19,24). The molecule has 134 valence electrons. The zero-order chi connectivity index (χ0) is 17.1. The molecule has 1 atom stereocenters. The second kappa shape index (κ2) is 7.66. The monoisotopic (exact) mass is 359 g/mol. The molecular weight excluding hydrogens is 334 g/mol. The van der Waals surface area contributed by atoms with Crippen LogP contribution in [0.2, 0.25) is 0 Å². The van der Waals surface area contributed by atoms with Gasteiger partial charge >= 0.3 is 0 Å². The molecule has 1 saturated heterocycles. The van der Waals surface area contributed by atoms with Crippen molar-refractivity contribution in [3.63, 3.8) is 0 Å². The predicted molar refractivity (Wildman–Crippen MR) is 97.6 cm³/mol. The van der Waals surface area contributed by atoms with Crippen LogP contribution in [0.5, 0.6) is 0 Å². The number of hydrogen-bond acceptors (Lipinski definition) is 5. The fourth-order valence-electron chi connectivity index (χ4n) is 3.90. The number of aromatic nitrogens is 3. The molecule has 2 aromatic rings. The summed E-state index contributed by atoms with van der Waals surface area (Å²) in [5, 5.41) is 13.6. The highest BCUT2D eigenvalue weighted by atomic mass is 32.1. The molecule has 7 heteroatoms. The van der Waals surface area contributed by atoms with E-state index in [0.717, 1.165) is 45.3 Å². The summed E-state index contributed by atoms with van der Waals surface area (Å²) in [5.41, 5.74) is 0.447. The van der Waals surface area contributed by atoms with E-state index in [1.54, 1.807) is 0 Å². The normalized spacial score (nSPS) is 22.3. The molecular formula is C18H25N5OS. The molecule has 1 aliphatic heterocycles. The van der Waals surface area contributed by atoms with Crippen LogP contribution in [0.1, 0.15) is 59.9 Å². The van der Waals surface area contributed by atoms with Crippen LogP contribution in [0.3, 0.4) is 0 Å². The molecule has 4 rings (SSSR count). The van der Waals surface area contributed by atoms with Crippen molar-refractivity contribution in [2.75, 3.05) is 13.1 Å². The number of hydrogen-bond donors (Lipinski definition) is 1. The quantitative estimate of drug-likeness (QED) is 0.892. The first-order valence-corrected chi connectivity index (χ1v) is 10.1. The maximum absolute atomic E-state index is 12.3. The Morgan fingerprint density at radius 2 is 2.16 bits per heavy atom. The van der Waals surface area contributed by atoms with Crippen molar-refractivity contribution in [1.82, 2.24) is 25.2 Å². The Morgan fingerprint density at radius 3 is 2.96 bits per heavy atom. The zero-order valence-electron chi connectivity index (χ0n) is 14.4. The summed E-state index contributed by atoms with van der Waals surface area (Å²) >= 11 is 1.81. The molecule has 1 saturated carbocycles. The lowest BCUT2D eigenvalue weighted by atomic mass is 10.1. The molecule has 3 heterocycles. The first-order chi connectivity index (χ1) is 12.3. The summed E-state index contributed by atoms with van der Waals surface area (Å²) in [6, 6.07) is 4.91. The van der Waals surface area contributed by atoms with Crippen LogP contribution in [-0.2, 0) is 6.54 Å². The first kappa shape index (κ1) is 16.7. The van der Waals surface area contributed by atoms with E-state index < -0.39 is 0 Å². The fraction of sp³-hybridized carbons (Fsp3) is 0.611. The summed E-state index contributed by atoms with van der Waals surface area (Å²) in [5.74, 6) is -0.0793. The summed E-state index contributed by atoms with van der Waals surface area (Å²) in [7, 11) is 0. The highest BCUT2D eigenvalue weighted by molar-refractivity contribution is 7.09. The maximum Gasteiger partial charge on any atom is 0.273 e. The van der Waals surface area contributed by atoms with E-state index in [1.165, 1.54) is 17.7 Å². The minimum absolute atomic E-state index is 0.0793. The first-order valence-electron chi connectivity index (χ1n) is 9.25. The van der Waals surface area contributed by atoms with Gasteiger partial charge in [0.1, 0.15) is 0 Å². The van der Waals surface area contributed by atoms with Crippen molar-refractivity contribution in [3.8, 4) is 0 Å². The molecule has 2 aliphatic rings. The van der Waals surface area contributed by atoms with E-state index in [-0.39, 0.29) is 5.91 Å². The average molecular weight is 359 g/mol. The van der Waals surface area contributed by atoms with E-state index in [9.17, 15) is 4.79 Å². The summed E-state index contributed by atoms with van der Waals surface area (Å²) in [6.45, 7) is 3.08. The number of carbonyl (C=O) groups excluding carboxylic acids is 1. The molecule has 1 amide bonds. The van der Waals surface area contributed by atoms with Gasteiger partial charge in [-0.3, -0.25) is 9.69 Å². The third-order valence-electron chi connectivity index (χ3n) is 5.25. The van der Waals surface area contributed by atoms with Gasteiger partial charge in [0.2, 0.25) is 0 Å². The molecule has 0 aromatic carbocycles. The van der Waals surface area contributed by atoms with Gasteiger partial charge in [-0.05, 0) is 43.7 Å². The lowest BCUT2D eigenvalue weighted by Gasteiger charge is -2.32. The minimum atomic E-state index is -0.0793. The van der Waals surface area contributed by atoms with E-state index in [0.29, 0.717) is 17.8 Å². The van der Waals surface area contributed by atoms with E-state index in [4.69, 9.17) is 0 Å². The number of likely N-dealkylation sites (tertiary alicyclic amines) is 1. The predicted octanol–water partition coefficient (Wildman–Crippen LogP) is 2.85. The van der Waals surface area contributed by atoms with Crippen molar-refractivity contribution in [2.24, 2.45) is 0 Å². The number of rotatable bonds is 5. The van der Waals surface area contributed by atoms with Crippen molar-refractivity contribution in [1.29, 1.82) is 0 Å². The number of carbonyl (C=O) groups is 1. The van der Waals surface area contributed by atoms with Crippen LogP contribution < -0.4 is 5.32 Å². The van der Waals surface area contributed by atoms with Crippen molar-refractivity contribution < 1.29 is 4.79 Å². The van der Waals surface area contributed by atoms with Gasteiger partial charge in [-0.25, -0.2) is 4.68 Å². The number of amides is 1. The van der Waals surface area contributed by atoms with Crippen LogP contribution in [0.25, 0.3) is 0 Å². The number of nitrogens with one attached hydrogen (secondary N) is 1. The van der Waals surface area contributed by atoms with Gasteiger partial charge in [-0.2, -0.15) is 0 Å². The molecule has 1 unspecified atom stereocenters. The van der Waals surface area contributed by atoms with E-state index >= 15 is 0 Å². The molecule has 25 heavy (non-hydrogen) atoms. The summed E-state index contributed by atoms with van der Waals surface area (Å²) in [4.78, 5) is 16.2. The Kier molecular flexibility index (Phi) is 5.12. The molecule has 0 radical (unpaired) electrons. The van der Waals surface area contributed by atoms with Gasteiger partial charge < -0.3 is 5.32 Å². The van der Waals surface area contributed by atoms with Crippen molar-refractivity contribution in [3.05, 3.63) is 34.3 Å². The third kappa shape index (κ3) is 4.10. The van der Waals surface area contributed by atoms with Crippen molar-refractivity contribution in [2.45, 2.75) is 57.2 Å². The number of thiophene rings is 1. The van der Waals surface area contributed by atoms with Crippen LogP contribution in [0.15, 0.2) is 23.7 Å². The highest BCUT2D eigenvalue weighted by Gasteiger charge is 2.24.